The van der Waals surface area contributed by atoms with Gasteiger partial charge in [-0.15, -0.1) is 0 Å². The maximum atomic E-state index is 11.6. The molecule has 0 amide bonds. The van der Waals surface area contributed by atoms with Gasteiger partial charge in [-0.25, -0.2) is 0 Å². The van der Waals surface area contributed by atoms with E-state index in [9.17, 15) is 9.90 Å². The first-order valence-corrected chi connectivity index (χ1v) is 7.32. The van der Waals surface area contributed by atoms with Crippen molar-refractivity contribution in [3.8, 4) is 0 Å². The van der Waals surface area contributed by atoms with Gasteiger partial charge in [0.25, 0.3) is 0 Å². The predicted octanol–water partition coefficient (Wildman–Crippen LogP) is 3.06. The van der Waals surface area contributed by atoms with Gasteiger partial charge in [-0.3, -0.25) is 9.69 Å². The first kappa shape index (κ1) is 13.6. The van der Waals surface area contributed by atoms with Crippen LogP contribution in [0, 0.1) is 5.41 Å². The standard InChI is InChI=1S/C15H25NO2/c1-2-9-15(14(17)18)10-6-11-16(12-15)13-7-4-3-5-8-13/h4,7,13H,2-3,5-6,8-12H2,1H3,(H,17,18). The van der Waals surface area contributed by atoms with Crippen LogP contribution in [0.1, 0.15) is 51.9 Å². The van der Waals surface area contributed by atoms with E-state index in [1.165, 1.54) is 19.3 Å². The molecule has 0 bridgehead atoms. The molecular weight excluding hydrogens is 226 g/mol. The SMILES string of the molecule is CCCC1(C(=O)O)CCCN(C2C=CCCC2)C1. The van der Waals surface area contributed by atoms with Gasteiger partial charge in [-0.1, -0.05) is 25.5 Å². The molecule has 0 aromatic carbocycles. The molecule has 1 aliphatic carbocycles. The molecule has 1 N–H and O–H groups in total. The number of piperidine rings is 1. The molecule has 0 aromatic rings. The van der Waals surface area contributed by atoms with Crippen molar-refractivity contribution in [2.75, 3.05) is 13.1 Å². The van der Waals surface area contributed by atoms with Gasteiger partial charge in [0.15, 0.2) is 0 Å². The van der Waals surface area contributed by atoms with E-state index in [0.29, 0.717) is 6.04 Å². The van der Waals surface area contributed by atoms with Crippen molar-refractivity contribution >= 4 is 5.97 Å². The molecule has 1 fully saturated rings. The molecule has 1 saturated heterocycles. The van der Waals surface area contributed by atoms with Crippen molar-refractivity contribution in [3.05, 3.63) is 12.2 Å². The summed E-state index contributed by atoms with van der Waals surface area (Å²) in [5, 5.41) is 9.59. The Bertz CT molecular complexity index is 322. The molecule has 0 spiro atoms. The summed E-state index contributed by atoms with van der Waals surface area (Å²) in [6.07, 6.45) is 11.8. The molecule has 2 rings (SSSR count). The molecule has 2 atom stereocenters. The molecule has 18 heavy (non-hydrogen) atoms. The van der Waals surface area contributed by atoms with Gasteiger partial charge in [0.2, 0.25) is 0 Å². The monoisotopic (exact) mass is 251 g/mol. The number of carboxylic acid groups (broad SMARTS) is 1. The Kier molecular flexibility index (Phi) is 4.44. The van der Waals surface area contributed by atoms with Crippen LogP contribution in [0.25, 0.3) is 0 Å². The average Bonchev–Trinajstić information content (AvgIpc) is 2.40. The van der Waals surface area contributed by atoms with Crippen LogP contribution in [0.5, 0.6) is 0 Å². The molecular formula is C15H25NO2. The highest BCUT2D eigenvalue weighted by atomic mass is 16.4. The maximum absolute atomic E-state index is 11.6. The second-order valence-corrected chi connectivity index (χ2v) is 5.84. The first-order valence-electron chi connectivity index (χ1n) is 7.32. The summed E-state index contributed by atoms with van der Waals surface area (Å²) in [7, 11) is 0. The van der Waals surface area contributed by atoms with Crippen molar-refractivity contribution in [3.63, 3.8) is 0 Å². The third kappa shape index (κ3) is 2.77. The Morgan fingerprint density at radius 3 is 2.94 bits per heavy atom. The molecule has 0 aromatic heterocycles. The van der Waals surface area contributed by atoms with E-state index in [4.69, 9.17) is 0 Å². The number of rotatable bonds is 4. The molecule has 2 unspecified atom stereocenters. The predicted molar refractivity (Wildman–Crippen MR) is 72.6 cm³/mol. The number of aliphatic carboxylic acids is 1. The smallest absolute Gasteiger partial charge is 0.310 e. The third-order valence-corrected chi connectivity index (χ3v) is 4.49. The molecule has 102 valence electrons. The molecule has 3 heteroatoms. The van der Waals surface area contributed by atoms with E-state index in [1.807, 2.05) is 0 Å². The summed E-state index contributed by atoms with van der Waals surface area (Å²) < 4.78 is 0. The van der Waals surface area contributed by atoms with Crippen LogP contribution in [0.3, 0.4) is 0 Å². The first-order chi connectivity index (χ1) is 8.68. The fraction of sp³-hybridized carbons (Fsp3) is 0.800. The second-order valence-electron chi connectivity index (χ2n) is 5.84. The molecule has 0 radical (unpaired) electrons. The maximum Gasteiger partial charge on any atom is 0.310 e. The highest BCUT2D eigenvalue weighted by Gasteiger charge is 2.42. The van der Waals surface area contributed by atoms with Crippen LogP contribution >= 0.6 is 0 Å². The number of carboxylic acids is 1. The minimum absolute atomic E-state index is 0.481. The van der Waals surface area contributed by atoms with E-state index in [0.717, 1.165) is 38.8 Å². The normalized spacial score (nSPS) is 33.5. The number of hydrogen-bond acceptors (Lipinski definition) is 2. The van der Waals surface area contributed by atoms with Crippen LogP contribution in [0.15, 0.2) is 12.2 Å². The zero-order valence-corrected chi connectivity index (χ0v) is 11.4. The zero-order chi connectivity index (χ0) is 13.0. The van der Waals surface area contributed by atoms with Crippen molar-refractivity contribution in [2.45, 2.75) is 57.9 Å². The second kappa shape index (κ2) is 5.87. The minimum atomic E-state index is -0.589. The van der Waals surface area contributed by atoms with Crippen molar-refractivity contribution in [1.29, 1.82) is 0 Å². The summed E-state index contributed by atoms with van der Waals surface area (Å²) >= 11 is 0. The van der Waals surface area contributed by atoms with Crippen LogP contribution in [0.4, 0.5) is 0 Å². The lowest BCUT2D eigenvalue weighted by atomic mass is 9.75. The van der Waals surface area contributed by atoms with Crippen molar-refractivity contribution in [2.24, 2.45) is 5.41 Å². The molecule has 3 nitrogen and oxygen atoms in total. The lowest BCUT2D eigenvalue weighted by Crippen LogP contribution is -2.51. The van der Waals surface area contributed by atoms with Gasteiger partial charge in [-0.05, 0) is 45.1 Å². The van der Waals surface area contributed by atoms with Gasteiger partial charge < -0.3 is 5.11 Å². The van der Waals surface area contributed by atoms with Crippen LogP contribution in [-0.4, -0.2) is 35.1 Å². The van der Waals surface area contributed by atoms with Gasteiger partial charge in [-0.2, -0.15) is 0 Å². The number of carbonyl (C=O) groups is 1. The number of hydrogen-bond donors (Lipinski definition) is 1. The van der Waals surface area contributed by atoms with E-state index >= 15 is 0 Å². The number of allylic oxidation sites excluding steroid dienone is 1. The fourth-order valence-corrected chi connectivity index (χ4v) is 3.51. The van der Waals surface area contributed by atoms with Gasteiger partial charge in [0.1, 0.15) is 0 Å². The lowest BCUT2D eigenvalue weighted by molar-refractivity contribution is -0.153. The Morgan fingerprint density at radius 2 is 2.33 bits per heavy atom. The van der Waals surface area contributed by atoms with E-state index < -0.39 is 11.4 Å². The quantitative estimate of drug-likeness (QED) is 0.781. The number of likely N-dealkylation sites (tertiary alicyclic amines) is 1. The Balaban J connectivity index is 2.08. The van der Waals surface area contributed by atoms with Crippen LogP contribution < -0.4 is 0 Å². The highest BCUT2D eigenvalue weighted by Crippen LogP contribution is 2.36. The number of nitrogens with zero attached hydrogens (tertiary/aromatic N) is 1. The topological polar surface area (TPSA) is 40.5 Å². The van der Waals surface area contributed by atoms with Gasteiger partial charge >= 0.3 is 5.97 Å². The largest absolute Gasteiger partial charge is 0.481 e. The summed E-state index contributed by atoms with van der Waals surface area (Å²) in [4.78, 5) is 14.1. The molecule has 2 aliphatic rings. The summed E-state index contributed by atoms with van der Waals surface area (Å²) in [6, 6.07) is 0.481. The summed E-state index contributed by atoms with van der Waals surface area (Å²) in [6.45, 7) is 3.89. The molecule has 1 aliphatic heterocycles. The van der Waals surface area contributed by atoms with Crippen LogP contribution in [-0.2, 0) is 4.79 Å². The van der Waals surface area contributed by atoms with E-state index in [-0.39, 0.29) is 0 Å². The summed E-state index contributed by atoms with van der Waals surface area (Å²) in [5.74, 6) is -0.589. The molecule has 1 heterocycles. The highest BCUT2D eigenvalue weighted by molar-refractivity contribution is 5.75. The summed E-state index contributed by atoms with van der Waals surface area (Å²) in [5.41, 5.74) is -0.488. The average molecular weight is 251 g/mol. The van der Waals surface area contributed by atoms with Gasteiger partial charge in [0.05, 0.1) is 5.41 Å². The molecule has 0 saturated carbocycles. The Hall–Kier alpha value is -0.830. The van der Waals surface area contributed by atoms with Crippen molar-refractivity contribution in [1.82, 2.24) is 4.90 Å². The Morgan fingerprint density at radius 1 is 1.50 bits per heavy atom. The Labute approximate surface area is 110 Å². The minimum Gasteiger partial charge on any atom is -0.481 e. The lowest BCUT2D eigenvalue weighted by Gasteiger charge is -2.43. The third-order valence-electron chi connectivity index (χ3n) is 4.49. The van der Waals surface area contributed by atoms with Crippen molar-refractivity contribution < 1.29 is 9.90 Å². The zero-order valence-electron chi connectivity index (χ0n) is 11.4. The van der Waals surface area contributed by atoms with E-state index in [1.54, 1.807) is 0 Å². The van der Waals surface area contributed by atoms with Crippen LogP contribution in [0.2, 0.25) is 0 Å². The fourth-order valence-electron chi connectivity index (χ4n) is 3.51. The van der Waals surface area contributed by atoms with E-state index in [2.05, 4.69) is 24.0 Å². The van der Waals surface area contributed by atoms with Gasteiger partial charge in [0, 0.05) is 12.6 Å².